The van der Waals surface area contributed by atoms with Crippen LogP contribution in [0.2, 0.25) is 0 Å². The number of hydrogen-bond donors (Lipinski definition) is 3. The number of carbonyl (C=O) groups excluding carboxylic acids is 1. The number of nitrogens with zero attached hydrogens (tertiary/aromatic N) is 5. The predicted octanol–water partition coefficient (Wildman–Crippen LogP) is 3.40. The first kappa shape index (κ1) is 22.7. The molecule has 180 valence electrons. The van der Waals surface area contributed by atoms with Crippen LogP contribution in [0.25, 0.3) is 5.65 Å². The SMILES string of the molecule is O=C(Nc1cnc2ccc(N3CCC[C@@H]3c3cc(F)ccc3F)nn12)c1ccc(NCCO)nc1. The van der Waals surface area contributed by atoms with Crippen molar-refractivity contribution in [2.45, 2.75) is 18.9 Å². The fraction of sp³-hybridized carbons (Fsp3) is 0.250. The van der Waals surface area contributed by atoms with E-state index < -0.39 is 11.6 Å². The minimum Gasteiger partial charge on any atom is -0.395 e. The summed E-state index contributed by atoms with van der Waals surface area (Å²) in [4.78, 5) is 23.1. The number of hydrogen-bond acceptors (Lipinski definition) is 7. The Labute approximate surface area is 199 Å². The van der Waals surface area contributed by atoms with E-state index in [-0.39, 0.29) is 18.6 Å². The minimum atomic E-state index is -0.483. The fourth-order valence-corrected chi connectivity index (χ4v) is 4.24. The van der Waals surface area contributed by atoms with Crippen LogP contribution in [-0.4, -0.2) is 50.3 Å². The average molecular weight is 479 g/mol. The standard InChI is InChI=1S/C24H23F2N7O2/c25-16-4-5-18(26)17(12-16)19-2-1-10-32(19)22-8-7-21-29-14-23(33(21)31-22)30-24(35)15-3-6-20(28-13-15)27-9-11-34/h3-8,12-14,19,34H,1-2,9-11H2,(H,27,28)(H,30,35)/t19-/m1/s1. The van der Waals surface area contributed by atoms with Crippen molar-refractivity contribution in [2.24, 2.45) is 0 Å². The van der Waals surface area contributed by atoms with Gasteiger partial charge in [0.05, 0.1) is 24.4 Å². The van der Waals surface area contributed by atoms with Crippen molar-refractivity contribution in [3.63, 3.8) is 0 Å². The fourth-order valence-electron chi connectivity index (χ4n) is 4.24. The lowest BCUT2D eigenvalue weighted by molar-refractivity contribution is 0.102. The Morgan fingerprint density at radius 2 is 2.00 bits per heavy atom. The normalized spacial score (nSPS) is 15.5. The second kappa shape index (κ2) is 9.63. The van der Waals surface area contributed by atoms with Crippen LogP contribution in [0.4, 0.5) is 26.2 Å². The number of halogens is 2. The molecule has 3 aromatic heterocycles. The minimum absolute atomic E-state index is 0.0253. The number of pyridine rings is 1. The van der Waals surface area contributed by atoms with Gasteiger partial charge in [0.2, 0.25) is 0 Å². The number of aromatic nitrogens is 4. The third-order valence-corrected chi connectivity index (χ3v) is 5.90. The Hall–Kier alpha value is -4.12. The van der Waals surface area contributed by atoms with Crippen molar-refractivity contribution in [1.82, 2.24) is 19.6 Å². The molecule has 1 amide bonds. The molecule has 1 aliphatic heterocycles. The smallest absolute Gasteiger partial charge is 0.258 e. The van der Waals surface area contributed by atoms with E-state index in [9.17, 15) is 13.6 Å². The van der Waals surface area contributed by atoms with Gasteiger partial charge in [0, 0.05) is 24.8 Å². The number of anilines is 3. The zero-order chi connectivity index (χ0) is 24.4. The van der Waals surface area contributed by atoms with Crippen molar-refractivity contribution in [3.05, 3.63) is 77.6 Å². The molecule has 9 nitrogen and oxygen atoms in total. The highest BCUT2D eigenvalue weighted by atomic mass is 19.1. The molecule has 3 N–H and O–H groups in total. The number of rotatable bonds is 7. The molecule has 0 bridgehead atoms. The van der Waals surface area contributed by atoms with E-state index in [2.05, 4.69) is 25.7 Å². The summed E-state index contributed by atoms with van der Waals surface area (Å²) in [6.07, 6.45) is 4.41. The zero-order valence-corrected chi connectivity index (χ0v) is 18.7. The molecule has 5 rings (SSSR count). The van der Waals surface area contributed by atoms with Gasteiger partial charge in [-0.15, -0.1) is 5.10 Å². The largest absolute Gasteiger partial charge is 0.395 e. The molecule has 0 spiro atoms. The maximum Gasteiger partial charge on any atom is 0.258 e. The van der Waals surface area contributed by atoms with Crippen molar-refractivity contribution in [3.8, 4) is 0 Å². The van der Waals surface area contributed by atoms with E-state index in [4.69, 9.17) is 5.11 Å². The molecule has 1 aromatic carbocycles. The topological polar surface area (TPSA) is 108 Å². The molecule has 1 fully saturated rings. The third-order valence-electron chi connectivity index (χ3n) is 5.90. The van der Waals surface area contributed by atoms with Crippen LogP contribution in [0.1, 0.15) is 34.8 Å². The van der Waals surface area contributed by atoms with Gasteiger partial charge < -0.3 is 20.6 Å². The maximum absolute atomic E-state index is 14.5. The van der Waals surface area contributed by atoms with Crippen LogP contribution in [0.5, 0.6) is 0 Å². The van der Waals surface area contributed by atoms with Crippen molar-refractivity contribution >= 4 is 29.0 Å². The number of fused-ring (bicyclic) bond motifs is 1. The van der Waals surface area contributed by atoms with Crippen LogP contribution in [-0.2, 0) is 0 Å². The lowest BCUT2D eigenvalue weighted by atomic mass is 10.0. The van der Waals surface area contributed by atoms with Gasteiger partial charge in [-0.1, -0.05) is 0 Å². The van der Waals surface area contributed by atoms with Gasteiger partial charge in [-0.25, -0.2) is 18.7 Å². The monoisotopic (exact) mass is 479 g/mol. The van der Waals surface area contributed by atoms with Gasteiger partial charge >= 0.3 is 0 Å². The second-order valence-corrected chi connectivity index (χ2v) is 8.16. The summed E-state index contributed by atoms with van der Waals surface area (Å²) < 4.78 is 29.8. The Morgan fingerprint density at radius 1 is 1.11 bits per heavy atom. The Kier molecular flexibility index (Phi) is 6.23. The Balaban J connectivity index is 1.39. The molecule has 4 heterocycles. The third kappa shape index (κ3) is 4.62. The first-order valence-electron chi connectivity index (χ1n) is 11.2. The number of carbonyl (C=O) groups is 1. The molecule has 4 aromatic rings. The molecule has 1 saturated heterocycles. The van der Waals surface area contributed by atoms with E-state index in [1.54, 1.807) is 24.3 Å². The van der Waals surface area contributed by atoms with E-state index in [0.717, 1.165) is 18.6 Å². The second-order valence-electron chi connectivity index (χ2n) is 8.16. The first-order chi connectivity index (χ1) is 17.0. The van der Waals surface area contributed by atoms with Gasteiger partial charge in [-0.3, -0.25) is 4.79 Å². The van der Waals surface area contributed by atoms with Crippen molar-refractivity contribution in [2.75, 3.05) is 35.2 Å². The van der Waals surface area contributed by atoms with Crippen LogP contribution < -0.4 is 15.5 Å². The molecular weight excluding hydrogens is 456 g/mol. The molecule has 0 aliphatic carbocycles. The average Bonchev–Trinajstić information content (AvgIpc) is 3.51. The summed E-state index contributed by atoms with van der Waals surface area (Å²) in [5.41, 5.74) is 1.17. The quantitative estimate of drug-likeness (QED) is 0.373. The number of nitrogens with one attached hydrogen (secondary N) is 2. The van der Waals surface area contributed by atoms with Crippen LogP contribution in [0.15, 0.2) is 54.9 Å². The molecule has 0 unspecified atom stereocenters. The lowest BCUT2D eigenvalue weighted by Crippen LogP contribution is -2.25. The highest BCUT2D eigenvalue weighted by Gasteiger charge is 2.30. The van der Waals surface area contributed by atoms with E-state index >= 15 is 0 Å². The van der Waals surface area contributed by atoms with Crippen molar-refractivity contribution in [1.29, 1.82) is 0 Å². The van der Waals surface area contributed by atoms with Crippen LogP contribution in [0, 0.1) is 11.6 Å². The first-order valence-corrected chi connectivity index (χ1v) is 11.2. The summed E-state index contributed by atoms with van der Waals surface area (Å²) in [7, 11) is 0. The van der Waals surface area contributed by atoms with Gasteiger partial charge in [-0.2, -0.15) is 4.52 Å². The van der Waals surface area contributed by atoms with Gasteiger partial charge in [-0.05, 0) is 55.3 Å². The molecule has 11 heteroatoms. The molecule has 0 radical (unpaired) electrons. The zero-order valence-electron chi connectivity index (χ0n) is 18.7. The lowest BCUT2D eigenvalue weighted by Gasteiger charge is -2.26. The molecule has 35 heavy (non-hydrogen) atoms. The van der Waals surface area contributed by atoms with E-state index in [1.807, 2.05) is 4.90 Å². The van der Waals surface area contributed by atoms with Gasteiger partial charge in [0.15, 0.2) is 11.5 Å². The number of benzene rings is 1. The molecule has 0 saturated carbocycles. The van der Waals surface area contributed by atoms with Gasteiger partial charge in [0.1, 0.15) is 23.3 Å². The summed E-state index contributed by atoms with van der Waals surface area (Å²) >= 11 is 0. The highest BCUT2D eigenvalue weighted by molar-refractivity contribution is 6.03. The summed E-state index contributed by atoms with van der Waals surface area (Å²) in [6, 6.07) is 9.95. The van der Waals surface area contributed by atoms with Crippen molar-refractivity contribution < 1.29 is 18.7 Å². The predicted molar refractivity (Wildman–Crippen MR) is 126 cm³/mol. The van der Waals surface area contributed by atoms with E-state index in [0.29, 0.717) is 53.7 Å². The Morgan fingerprint density at radius 3 is 2.80 bits per heavy atom. The van der Waals surface area contributed by atoms with Gasteiger partial charge in [0.25, 0.3) is 5.91 Å². The number of amides is 1. The highest BCUT2D eigenvalue weighted by Crippen LogP contribution is 2.36. The summed E-state index contributed by atoms with van der Waals surface area (Å²) in [6.45, 7) is 0.971. The van der Waals surface area contributed by atoms with Crippen LogP contribution >= 0.6 is 0 Å². The number of imidazole rings is 1. The summed E-state index contributed by atoms with van der Waals surface area (Å²) in [5, 5.41) is 19.2. The van der Waals surface area contributed by atoms with E-state index in [1.165, 1.54) is 23.0 Å². The Bertz CT molecular complexity index is 1360. The molecular formula is C24H23F2N7O2. The van der Waals surface area contributed by atoms with Crippen LogP contribution in [0.3, 0.4) is 0 Å². The number of aliphatic hydroxyl groups is 1. The maximum atomic E-state index is 14.5. The molecule has 1 atom stereocenters. The number of aliphatic hydroxyl groups excluding tert-OH is 1. The molecule has 1 aliphatic rings. The summed E-state index contributed by atoms with van der Waals surface area (Å²) in [5.74, 6) is 0.155.